The molecule has 1 aromatic carbocycles. The summed E-state index contributed by atoms with van der Waals surface area (Å²) in [5.41, 5.74) is 0.595. The first kappa shape index (κ1) is 19.4. The van der Waals surface area contributed by atoms with Crippen molar-refractivity contribution in [1.29, 1.82) is 0 Å². The topological polar surface area (TPSA) is 69.6 Å². The minimum Gasteiger partial charge on any atom is -0.354 e. The lowest BCUT2D eigenvalue weighted by atomic mass is 10.2. The molecule has 7 nitrogen and oxygen atoms in total. The van der Waals surface area contributed by atoms with Crippen LogP contribution in [-0.2, 0) is 10.0 Å². The van der Waals surface area contributed by atoms with Crippen molar-refractivity contribution in [2.45, 2.75) is 24.7 Å². The molecule has 0 radical (unpaired) electrons. The third-order valence-corrected chi connectivity index (χ3v) is 7.87. The van der Waals surface area contributed by atoms with Crippen molar-refractivity contribution in [3.05, 3.63) is 41.0 Å². The Bertz CT molecular complexity index is 955. The maximum Gasteiger partial charge on any atom is 0.243 e. The summed E-state index contributed by atoms with van der Waals surface area (Å²) in [7, 11) is -3.56. The fraction of sp³-hybridized carbons (Fsp3) is 0.474. The van der Waals surface area contributed by atoms with E-state index in [1.807, 2.05) is 6.07 Å². The van der Waals surface area contributed by atoms with E-state index in [1.54, 1.807) is 31.3 Å². The summed E-state index contributed by atoms with van der Waals surface area (Å²) < 4.78 is 27.6. The Hall–Kier alpha value is -1.90. The number of hydrogen-bond donors (Lipinski definition) is 0. The Labute approximate surface area is 171 Å². The summed E-state index contributed by atoms with van der Waals surface area (Å²) in [6, 6.07) is 6.90. The molecule has 4 rings (SSSR count). The molecule has 150 valence electrons. The number of rotatable bonds is 4. The van der Waals surface area contributed by atoms with Crippen molar-refractivity contribution in [2.24, 2.45) is 0 Å². The van der Waals surface area contributed by atoms with Gasteiger partial charge in [0.1, 0.15) is 5.82 Å². The molecule has 0 N–H and O–H groups in total. The molecule has 28 heavy (non-hydrogen) atoms. The number of sulfonamides is 1. The first-order chi connectivity index (χ1) is 13.5. The van der Waals surface area contributed by atoms with Crippen molar-refractivity contribution in [3.63, 3.8) is 0 Å². The largest absolute Gasteiger partial charge is 0.354 e. The van der Waals surface area contributed by atoms with Gasteiger partial charge in [-0.15, -0.1) is 0 Å². The second kappa shape index (κ2) is 7.85. The van der Waals surface area contributed by atoms with Gasteiger partial charge < -0.3 is 9.80 Å². The first-order valence-electron chi connectivity index (χ1n) is 9.55. The molecule has 0 atom stereocenters. The fourth-order valence-electron chi connectivity index (χ4n) is 3.75. The van der Waals surface area contributed by atoms with Gasteiger partial charge in [0, 0.05) is 50.5 Å². The molecular formula is C19H24ClN5O2S. The highest BCUT2D eigenvalue weighted by Gasteiger charge is 2.30. The highest BCUT2D eigenvalue weighted by molar-refractivity contribution is 7.89. The van der Waals surface area contributed by atoms with Crippen LogP contribution in [0.1, 0.15) is 18.4 Å². The molecule has 0 amide bonds. The highest BCUT2D eigenvalue weighted by Crippen LogP contribution is 2.27. The minimum atomic E-state index is -3.56. The smallest absolute Gasteiger partial charge is 0.243 e. The molecule has 2 aliphatic heterocycles. The second-order valence-corrected chi connectivity index (χ2v) is 9.48. The van der Waals surface area contributed by atoms with E-state index < -0.39 is 10.0 Å². The molecule has 1 aromatic heterocycles. The molecule has 2 fully saturated rings. The maximum absolute atomic E-state index is 13.0. The second-order valence-electron chi connectivity index (χ2n) is 7.16. The predicted octanol–water partition coefficient (Wildman–Crippen LogP) is 2.55. The first-order valence-corrected chi connectivity index (χ1v) is 11.4. The van der Waals surface area contributed by atoms with Crippen LogP contribution in [0.2, 0.25) is 5.02 Å². The van der Waals surface area contributed by atoms with E-state index in [0.717, 1.165) is 24.9 Å². The Morgan fingerprint density at radius 1 is 0.964 bits per heavy atom. The van der Waals surface area contributed by atoms with Gasteiger partial charge in [-0.25, -0.2) is 13.4 Å². The van der Waals surface area contributed by atoms with Crippen LogP contribution >= 0.6 is 11.6 Å². The van der Waals surface area contributed by atoms with Gasteiger partial charge >= 0.3 is 0 Å². The molecule has 0 unspecified atom stereocenters. The van der Waals surface area contributed by atoms with Gasteiger partial charge in [0.15, 0.2) is 0 Å². The van der Waals surface area contributed by atoms with Crippen LogP contribution in [0.15, 0.2) is 35.4 Å². The summed E-state index contributed by atoms with van der Waals surface area (Å²) in [5, 5.41) is 0.468. The molecule has 0 saturated carbocycles. The summed E-state index contributed by atoms with van der Waals surface area (Å²) in [6.45, 7) is 5.74. The average molecular weight is 422 g/mol. The van der Waals surface area contributed by atoms with Gasteiger partial charge in [0.25, 0.3) is 0 Å². The molecule has 0 bridgehead atoms. The van der Waals surface area contributed by atoms with Gasteiger partial charge in [-0.1, -0.05) is 17.7 Å². The third-order valence-electron chi connectivity index (χ3n) is 5.42. The molecule has 0 spiro atoms. The maximum atomic E-state index is 13.0. The predicted molar refractivity (Wildman–Crippen MR) is 111 cm³/mol. The van der Waals surface area contributed by atoms with E-state index in [1.165, 1.54) is 17.1 Å². The van der Waals surface area contributed by atoms with Crippen LogP contribution in [0.25, 0.3) is 0 Å². The number of piperazine rings is 1. The van der Waals surface area contributed by atoms with Gasteiger partial charge in [-0.2, -0.15) is 9.29 Å². The fourth-order valence-corrected chi connectivity index (χ4v) is 5.65. The standard InChI is InChI=1S/C19H24ClN5O2S/c1-15-16(20)5-4-6-17(15)28(26,27)25-13-11-23(12-14-25)18-7-8-21-19(22-18)24-9-2-3-10-24/h4-8H,2-3,9-14H2,1H3. The Morgan fingerprint density at radius 2 is 1.68 bits per heavy atom. The van der Waals surface area contributed by atoms with Gasteiger partial charge in [0.05, 0.1) is 4.90 Å². The summed E-state index contributed by atoms with van der Waals surface area (Å²) in [4.78, 5) is 13.7. The zero-order valence-corrected chi connectivity index (χ0v) is 17.5. The average Bonchev–Trinajstić information content (AvgIpc) is 3.25. The van der Waals surface area contributed by atoms with Crippen molar-refractivity contribution >= 4 is 33.4 Å². The van der Waals surface area contributed by atoms with Gasteiger partial charge in [-0.3, -0.25) is 0 Å². The number of benzene rings is 1. The van der Waals surface area contributed by atoms with Gasteiger partial charge in [-0.05, 0) is 43.5 Å². The van der Waals surface area contributed by atoms with Crippen LogP contribution < -0.4 is 9.80 Å². The molecular weight excluding hydrogens is 398 g/mol. The van der Waals surface area contributed by atoms with Crippen LogP contribution in [0.4, 0.5) is 11.8 Å². The SMILES string of the molecule is Cc1c(Cl)cccc1S(=O)(=O)N1CCN(c2ccnc(N3CCCC3)n2)CC1. The zero-order valence-electron chi connectivity index (χ0n) is 15.9. The Kier molecular flexibility index (Phi) is 5.44. The van der Waals surface area contributed by atoms with E-state index in [2.05, 4.69) is 14.8 Å². The monoisotopic (exact) mass is 421 g/mol. The molecule has 2 saturated heterocycles. The Balaban J connectivity index is 1.47. The van der Waals surface area contributed by atoms with Gasteiger partial charge in [0.2, 0.25) is 16.0 Å². The Morgan fingerprint density at radius 3 is 2.39 bits per heavy atom. The lowest BCUT2D eigenvalue weighted by Gasteiger charge is -2.35. The summed E-state index contributed by atoms with van der Waals surface area (Å²) in [5.74, 6) is 1.62. The molecule has 2 aliphatic rings. The summed E-state index contributed by atoms with van der Waals surface area (Å²) >= 11 is 6.12. The zero-order chi connectivity index (χ0) is 19.7. The van der Waals surface area contributed by atoms with E-state index in [9.17, 15) is 8.42 Å². The molecule has 3 heterocycles. The number of nitrogens with zero attached hydrogens (tertiary/aromatic N) is 5. The number of anilines is 2. The minimum absolute atomic E-state index is 0.284. The van der Waals surface area contributed by atoms with E-state index in [4.69, 9.17) is 16.6 Å². The third kappa shape index (κ3) is 3.68. The lowest BCUT2D eigenvalue weighted by Crippen LogP contribution is -2.49. The van der Waals surface area contributed by atoms with E-state index >= 15 is 0 Å². The quantitative estimate of drug-likeness (QED) is 0.755. The van der Waals surface area contributed by atoms with Crippen molar-refractivity contribution in [1.82, 2.24) is 14.3 Å². The number of halogens is 1. The van der Waals surface area contributed by atoms with Crippen molar-refractivity contribution in [3.8, 4) is 0 Å². The van der Waals surface area contributed by atoms with E-state index in [-0.39, 0.29) is 4.90 Å². The van der Waals surface area contributed by atoms with Crippen LogP contribution in [0, 0.1) is 6.92 Å². The highest BCUT2D eigenvalue weighted by atomic mass is 35.5. The van der Waals surface area contributed by atoms with Crippen LogP contribution in [0.5, 0.6) is 0 Å². The molecule has 9 heteroatoms. The number of aromatic nitrogens is 2. The van der Waals surface area contributed by atoms with Crippen LogP contribution in [0.3, 0.4) is 0 Å². The van der Waals surface area contributed by atoms with Crippen LogP contribution in [-0.4, -0.2) is 62.0 Å². The lowest BCUT2D eigenvalue weighted by molar-refractivity contribution is 0.383. The van der Waals surface area contributed by atoms with E-state index in [0.29, 0.717) is 36.8 Å². The normalized spacial score (nSPS) is 18.6. The molecule has 2 aromatic rings. The molecule has 0 aliphatic carbocycles. The van der Waals surface area contributed by atoms with Crippen molar-refractivity contribution in [2.75, 3.05) is 49.1 Å². The summed E-state index contributed by atoms with van der Waals surface area (Å²) in [6.07, 6.45) is 4.13. The van der Waals surface area contributed by atoms with Crippen molar-refractivity contribution < 1.29 is 8.42 Å². The number of hydrogen-bond acceptors (Lipinski definition) is 6.